The van der Waals surface area contributed by atoms with Gasteiger partial charge in [-0.1, -0.05) is 6.07 Å². The van der Waals surface area contributed by atoms with Gasteiger partial charge in [0.2, 0.25) is 0 Å². The molecule has 0 spiro atoms. The summed E-state index contributed by atoms with van der Waals surface area (Å²) in [6.07, 6.45) is -5.07. The van der Waals surface area contributed by atoms with Crippen LogP contribution in [0.1, 0.15) is 5.56 Å². The minimum absolute atomic E-state index is 0.396. The van der Waals surface area contributed by atoms with Gasteiger partial charge in [0.1, 0.15) is 10.6 Å². The van der Waals surface area contributed by atoms with Crippen LogP contribution in [0.3, 0.4) is 0 Å². The molecule has 0 radical (unpaired) electrons. The van der Waals surface area contributed by atoms with E-state index in [1.165, 1.54) is 0 Å². The van der Waals surface area contributed by atoms with Gasteiger partial charge in [-0.3, -0.25) is 0 Å². The minimum Gasteiger partial charge on any atom is -0.433 e. The summed E-state index contributed by atoms with van der Waals surface area (Å²) in [6.45, 7) is -3.48. The van der Waals surface area contributed by atoms with Crippen molar-refractivity contribution in [2.45, 2.75) is 17.7 Å². The molecule has 1 aromatic carbocycles. The van der Waals surface area contributed by atoms with Crippen LogP contribution in [0.25, 0.3) is 0 Å². The molecule has 0 saturated heterocycles. The number of hydrogen-bond donors (Lipinski definition) is 0. The minimum atomic E-state index is -5.07. The molecule has 0 amide bonds. The van der Waals surface area contributed by atoms with Crippen molar-refractivity contribution in [3.05, 3.63) is 23.8 Å². The van der Waals surface area contributed by atoms with Crippen molar-refractivity contribution in [1.29, 1.82) is 0 Å². The summed E-state index contributed by atoms with van der Waals surface area (Å²) in [5.41, 5.74) is -1.67. The van der Waals surface area contributed by atoms with E-state index >= 15 is 0 Å². The predicted molar refractivity (Wildman–Crippen MR) is 51.1 cm³/mol. The molecule has 102 valence electrons. The largest absolute Gasteiger partial charge is 0.433 e. The van der Waals surface area contributed by atoms with Crippen molar-refractivity contribution in [2.75, 3.05) is 0 Å². The van der Waals surface area contributed by atoms with E-state index in [0.29, 0.717) is 12.1 Å². The summed E-state index contributed by atoms with van der Waals surface area (Å²) in [5, 5.41) is 0. The highest BCUT2D eigenvalue weighted by molar-refractivity contribution is 8.13. The first-order chi connectivity index (χ1) is 8.03. The Bertz CT molecular complexity index is 540. The Labute approximate surface area is 103 Å². The Morgan fingerprint density at radius 1 is 1.22 bits per heavy atom. The Balaban J connectivity index is 3.56. The van der Waals surface area contributed by atoms with Crippen molar-refractivity contribution in [3.63, 3.8) is 0 Å². The van der Waals surface area contributed by atoms with Gasteiger partial charge in [-0.15, -0.1) is 0 Å². The van der Waals surface area contributed by atoms with E-state index in [1.54, 1.807) is 0 Å². The molecule has 3 nitrogen and oxygen atoms in total. The van der Waals surface area contributed by atoms with Crippen molar-refractivity contribution < 1.29 is 35.1 Å². The number of alkyl halides is 5. The molecule has 1 aromatic rings. The summed E-state index contributed by atoms with van der Waals surface area (Å²) in [4.78, 5) is -1.53. The van der Waals surface area contributed by atoms with Gasteiger partial charge < -0.3 is 4.74 Å². The lowest BCUT2D eigenvalue weighted by atomic mass is 10.2. The number of halogens is 6. The van der Waals surface area contributed by atoms with Crippen LogP contribution >= 0.6 is 10.7 Å². The third-order valence-corrected chi connectivity index (χ3v) is 3.12. The molecule has 0 saturated carbocycles. The van der Waals surface area contributed by atoms with E-state index in [2.05, 4.69) is 4.74 Å². The van der Waals surface area contributed by atoms with Gasteiger partial charge in [-0.25, -0.2) is 8.42 Å². The molecule has 0 heterocycles. The molecule has 18 heavy (non-hydrogen) atoms. The Morgan fingerprint density at radius 3 is 2.17 bits per heavy atom. The monoisotopic (exact) mass is 310 g/mol. The highest BCUT2D eigenvalue weighted by Crippen LogP contribution is 2.40. The maximum atomic E-state index is 12.5. The lowest BCUT2D eigenvalue weighted by Gasteiger charge is -2.14. The van der Waals surface area contributed by atoms with Crippen LogP contribution in [0.15, 0.2) is 23.1 Å². The number of ether oxygens (including phenoxy) is 1. The molecular weight excluding hydrogens is 307 g/mol. The quantitative estimate of drug-likeness (QED) is 0.636. The summed E-state index contributed by atoms with van der Waals surface area (Å²) >= 11 is 0. The molecule has 0 N–H and O–H groups in total. The van der Waals surface area contributed by atoms with Gasteiger partial charge in [-0.2, -0.15) is 22.0 Å². The lowest BCUT2D eigenvalue weighted by Crippen LogP contribution is -2.13. The zero-order chi connectivity index (χ0) is 14.1. The van der Waals surface area contributed by atoms with Crippen LogP contribution in [0.2, 0.25) is 0 Å². The topological polar surface area (TPSA) is 43.4 Å². The number of hydrogen-bond acceptors (Lipinski definition) is 3. The predicted octanol–water partition coefficient (Wildman–Crippen LogP) is 3.23. The molecule has 1 rings (SSSR count). The van der Waals surface area contributed by atoms with E-state index < -0.39 is 38.0 Å². The van der Waals surface area contributed by atoms with E-state index in [0.717, 1.165) is 6.07 Å². The zero-order valence-electron chi connectivity index (χ0n) is 8.21. The van der Waals surface area contributed by atoms with E-state index in [4.69, 9.17) is 10.7 Å². The van der Waals surface area contributed by atoms with Crippen LogP contribution in [-0.2, 0) is 15.2 Å². The average Bonchev–Trinajstić information content (AvgIpc) is 2.13. The fourth-order valence-electron chi connectivity index (χ4n) is 1.18. The van der Waals surface area contributed by atoms with Crippen molar-refractivity contribution in [2.24, 2.45) is 0 Å². The molecule has 10 heteroatoms. The first kappa shape index (κ1) is 15.0. The summed E-state index contributed by atoms with van der Waals surface area (Å²) < 4.78 is 87.3. The maximum absolute atomic E-state index is 12.5. The Hall–Kier alpha value is -1.09. The summed E-state index contributed by atoms with van der Waals surface area (Å²) in [6, 6.07) is 1.77. The first-order valence-electron chi connectivity index (χ1n) is 4.13. The Morgan fingerprint density at radius 2 is 1.78 bits per heavy atom. The van der Waals surface area contributed by atoms with Crippen LogP contribution in [0.5, 0.6) is 5.75 Å². The molecule has 0 atom stereocenters. The zero-order valence-corrected chi connectivity index (χ0v) is 9.78. The SMILES string of the molecule is O=S(=O)(Cl)c1c(OC(F)F)cccc1C(F)(F)F. The molecule has 0 fully saturated rings. The normalized spacial score (nSPS) is 12.8. The molecule has 0 unspecified atom stereocenters. The first-order valence-corrected chi connectivity index (χ1v) is 6.44. The summed E-state index contributed by atoms with van der Waals surface area (Å²) in [7, 11) is -0.0933. The smallest absolute Gasteiger partial charge is 0.417 e. The highest BCUT2D eigenvalue weighted by atomic mass is 35.7. The average molecular weight is 311 g/mol. The van der Waals surface area contributed by atoms with Gasteiger partial charge in [0.25, 0.3) is 9.05 Å². The molecular formula is C8H4ClF5O3S. The van der Waals surface area contributed by atoms with E-state index in [9.17, 15) is 30.4 Å². The third kappa shape index (κ3) is 3.45. The molecule has 0 aliphatic heterocycles. The van der Waals surface area contributed by atoms with Gasteiger partial charge in [-0.05, 0) is 12.1 Å². The van der Waals surface area contributed by atoms with Crippen molar-refractivity contribution >= 4 is 19.7 Å². The third-order valence-electron chi connectivity index (χ3n) is 1.74. The van der Waals surface area contributed by atoms with E-state index in [-0.39, 0.29) is 0 Å². The number of rotatable bonds is 3. The van der Waals surface area contributed by atoms with Crippen LogP contribution in [0.4, 0.5) is 22.0 Å². The molecule has 0 aliphatic rings. The molecule has 0 bridgehead atoms. The van der Waals surface area contributed by atoms with Crippen LogP contribution in [-0.4, -0.2) is 15.0 Å². The standard InChI is InChI=1S/C8H4ClF5O3S/c9-18(15,16)6-4(8(12,13)14)2-1-3-5(6)17-7(10)11/h1-3,7H. The van der Waals surface area contributed by atoms with Crippen molar-refractivity contribution in [3.8, 4) is 5.75 Å². The molecule has 0 aliphatic carbocycles. The van der Waals surface area contributed by atoms with Crippen LogP contribution < -0.4 is 4.74 Å². The van der Waals surface area contributed by atoms with Crippen molar-refractivity contribution in [1.82, 2.24) is 0 Å². The maximum Gasteiger partial charge on any atom is 0.417 e. The summed E-state index contributed by atoms with van der Waals surface area (Å²) in [5.74, 6) is -1.16. The van der Waals surface area contributed by atoms with Gasteiger partial charge in [0.05, 0.1) is 5.56 Å². The lowest BCUT2D eigenvalue weighted by molar-refractivity contribution is -0.140. The van der Waals surface area contributed by atoms with Gasteiger partial charge >= 0.3 is 12.8 Å². The number of benzene rings is 1. The van der Waals surface area contributed by atoms with Gasteiger partial charge in [0.15, 0.2) is 0 Å². The second kappa shape index (κ2) is 4.88. The fraction of sp³-hybridized carbons (Fsp3) is 0.250. The second-order valence-electron chi connectivity index (χ2n) is 2.95. The second-order valence-corrected chi connectivity index (χ2v) is 5.45. The molecule has 0 aromatic heterocycles. The van der Waals surface area contributed by atoms with Crippen LogP contribution in [0, 0.1) is 0 Å². The fourth-order valence-corrected chi connectivity index (χ4v) is 2.46. The van der Waals surface area contributed by atoms with E-state index in [1.807, 2.05) is 0 Å². The Kier molecular flexibility index (Phi) is 4.06. The highest BCUT2D eigenvalue weighted by Gasteiger charge is 2.39. The van der Waals surface area contributed by atoms with Gasteiger partial charge in [0, 0.05) is 10.7 Å².